The lowest BCUT2D eigenvalue weighted by Crippen LogP contribution is -2.51. The number of hydrogen-bond acceptors (Lipinski definition) is 5. The van der Waals surface area contributed by atoms with E-state index in [9.17, 15) is 13.2 Å². The summed E-state index contributed by atoms with van der Waals surface area (Å²) in [5.74, 6) is 0.523. The predicted molar refractivity (Wildman–Crippen MR) is 111 cm³/mol. The number of nitrogens with zero attached hydrogens (tertiary/aromatic N) is 3. The summed E-state index contributed by atoms with van der Waals surface area (Å²) in [6, 6.07) is 5.04. The molecule has 2 aliphatic heterocycles. The molecule has 1 amide bonds. The Kier molecular flexibility index (Phi) is 7.36. The molecule has 9 heteroatoms. The Hall–Kier alpha value is -1.16. The van der Waals surface area contributed by atoms with E-state index in [2.05, 4.69) is 15.9 Å². The number of piperazine rings is 1. The molecule has 0 N–H and O–H groups in total. The van der Waals surface area contributed by atoms with Crippen molar-refractivity contribution in [1.29, 1.82) is 0 Å². The van der Waals surface area contributed by atoms with E-state index in [1.807, 2.05) is 16.7 Å². The maximum absolute atomic E-state index is 13.1. The SMILES string of the molecule is CCOc1ccc(Br)cc1S(=O)(=O)N1CCN(CC(=O)N2CCCCC2)CC1. The fraction of sp³-hybridized carbons (Fsp3) is 0.632. The quantitative estimate of drug-likeness (QED) is 0.632. The molecule has 0 aliphatic carbocycles. The summed E-state index contributed by atoms with van der Waals surface area (Å²) in [4.78, 5) is 16.6. The van der Waals surface area contributed by atoms with Crippen LogP contribution in [0.25, 0.3) is 0 Å². The van der Waals surface area contributed by atoms with E-state index < -0.39 is 10.0 Å². The first-order chi connectivity index (χ1) is 13.4. The van der Waals surface area contributed by atoms with Gasteiger partial charge >= 0.3 is 0 Å². The van der Waals surface area contributed by atoms with Gasteiger partial charge in [-0.3, -0.25) is 9.69 Å². The van der Waals surface area contributed by atoms with Gasteiger partial charge in [0.25, 0.3) is 0 Å². The fourth-order valence-corrected chi connectivity index (χ4v) is 5.75. The van der Waals surface area contributed by atoms with E-state index in [1.165, 1.54) is 10.7 Å². The van der Waals surface area contributed by atoms with Crippen LogP contribution in [0.5, 0.6) is 5.75 Å². The molecule has 1 aromatic carbocycles. The van der Waals surface area contributed by atoms with Crippen LogP contribution in [0.2, 0.25) is 0 Å². The van der Waals surface area contributed by atoms with Crippen molar-refractivity contribution in [1.82, 2.24) is 14.1 Å². The van der Waals surface area contributed by atoms with Gasteiger partial charge in [0.15, 0.2) is 0 Å². The molecule has 0 aromatic heterocycles. The van der Waals surface area contributed by atoms with Gasteiger partial charge in [0.05, 0.1) is 13.2 Å². The lowest BCUT2D eigenvalue weighted by Gasteiger charge is -2.35. The second kappa shape index (κ2) is 9.56. The van der Waals surface area contributed by atoms with Gasteiger partial charge in [-0.15, -0.1) is 0 Å². The molecule has 0 spiro atoms. The predicted octanol–water partition coefficient (Wildman–Crippen LogP) is 2.17. The Labute approximate surface area is 175 Å². The summed E-state index contributed by atoms with van der Waals surface area (Å²) in [5.41, 5.74) is 0. The third-order valence-corrected chi connectivity index (χ3v) is 7.64. The molecule has 0 saturated carbocycles. The van der Waals surface area contributed by atoms with E-state index in [1.54, 1.807) is 18.2 Å². The Bertz CT molecular complexity index is 788. The zero-order valence-electron chi connectivity index (χ0n) is 16.3. The zero-order valence-corrected chi connectivity index (χ0v) is 18.7. The highest BCUT2D eigenvalue weighted by molar-refractivity contribution is 9.10. The van der Waals surface area contributed by atoms with E-state index in [0.717, 1.165) is 25.9 Å². The molecule has 0 unspecified atom stereocenters. The number of halogens is 1. The van der Waals surface area contributed by atoms with Crippen LogP contribution in [0, 0.1) is 0 Å². The van der Waals surface area contributed by atoms with Crippen LogP contribution >= 0.6 is 15.9 Å². The molecule has 28 heavy (non-hydrogen) atoms. The fourth-order valence-electron chi connectivity index (χ4n) is 3.66. The van der Waals surface area contributed by atoms with Crippen molar-refractivity contribution in [2.75, 3.05) is 52.4 Å². The Balaban J connectivity index is 1.62. The second-order valence-corrected chi connectivity index (χ2v) is 9.97. The minimum atomic E-state index is -3.65. The number of carbonyl (C=O) groups is 1. The molecular weight excluding hydrogens is 446 g/mol. The third kappa shape index (κ3) is 5.06. The van der Waals surface area contributed by atoms with Crippen molar-refractivity contribution in [3.8, 4) is 5.75 Å². The van der Waals surface area contributed by atoms with Gasteiger partial charge in [-0.25, -0.2) is 8.42 Å². The molecule has 156 valence electrons. The second-order valence-electron chi connectivity index (χ2n) is 7.15. The Morgan fingerprint density at radius 2 is 1.75 bits per heavy atom. The van der Waals surface area contributed by atoms with Gasteiger partial charge < -0.3 is 9.64 Å². The molecule has 0 atom stereocenters. The first-order valence-corrected chi connectivity index (χ1v) is 12.1. The van der Waals surface area contributed by atoms with Gasteiger partial charge in [-0.1, -0.05) is 15.9 Å². The van der Waals surface area contributed by atoms with Crippen LogP contribution in [0.1, 0.15) is 26.2 Å². The zero-order chi connectivity index (χ0) is 20.1. The van der Waals surface area contributed by atoms with Gasteiger partial charge in [-0.05, 0) is 44.4 Å². The molecule has 0 radical (unpaired) electrons. The molecule has 2 fully saturated rings. The van der Waals surface area contributed by atoms with Gasteiger partial charge in [0.1, 0.15) is 10.6 Å². The minimum Gasteiger partial charge on any atom is -0.492 e. The molecule has 0 bridgehead atoms. The number of likely N-dealkylation sites (tertiary alicyclic amines) is 1. The van der Waals surface area contributed by atoms with Crippen LogP contribution in [0.15, 0.2) is 27.6 Å². The van der Waals surface area contributed by atoms with Crippen LogP contribution in [0.4, 0.5) is 0 Å². The molecule has 2 aliphatic rings. The summed E-state index contributed by atoms with van der Waals surface area (Å²) in [5, 5.41) is 0. The normalized spacial score (nSPS) is 19.6. The highest BCUT2D eigenvalue weighted by Gasteiger charge is 2.32. The minimum absolute atomic E-state index is 0.154. The summed E-state index contributed by atoms with van der Waals surface area (Å²) in [7, 11) is -3.65. The smallest absolute Gasteiger partial charge is 0.246 e. The first kappa shape index (κ1) is 21.5. The summed E-state index contributed by atoms with van der Waals surface area (Å²) >= 11 is 3.35. The average Bonchev–Trinajstić information content (AvgIpc) is 2.70. The largest absolute Gasteiger partial charge is 0.492 e. The van der Waals surface area contributed by atoms with Gasteiger partial charge in [0, 0.05) is 43.7 Å². The first-order valence-electron chi connectivity index (χ1n) is 9.84. The molecule has 7 nitrogen and oxygen atoms in total. The van der Waals surface area contributed by atoms with E-state index in [-0.39, 0.29) is 10.8 Å². The van der Waals surface area contributed by atoms with Crippen LogP contribution in [0.3, 0.4) is 0 Å². The Morgan fingerprint density at radius 3 is 2.39 bits per heavy atom. The highest BCUT2D eigenvalue weighted by Crippen LogP contribution is 2.30. The third-order valence-electron chi connectivity index (χ3n) is 5.22. The molecule has 2 heterocycles. The summed E-state index contributed by atoms with van der Waals surface area (Å²) < 4.78 is 34.0. The number of piperidine rings is 1. The Morgan fingerprint density at radius 1 is 1.07 bits per heavy atom. The number of benzene rings is 1. The maximum Gasteiger partial charge on any atom is 0.246 e. The molecular formula is C19H28BrN3O4S. The average molecular weight is 474 g/mol. The van der Waals surface area contributed by atoms with Crippen molar-refractivity contribution < 1.29 is 17.9 Å². The van der Waals surface area contributed by atoms with E-state index in [4.69, 9.17) is 4.74 Å². The number of ether oxygens (including phenoxy) is 1. The highest BCUT2D eigenvalue weighted by atomic mass is 79.9. The molecule has 3 rings (SSSR count). The van der Waals surface area contributed by atoms with Crippen LogP contribution < -0.4 is 4.74 Å². The number of hydrogen-bond donors (Lipinski definition) is 0. The summed E-state index contributed by atoms with van der Waals surface area (Å²) in [6.07, 6.45) is 3.35. The summed E-state index contributed by atoms with van der Waals surface area (Å²) in [6.45, 7) is 6.13. The van der Waals surface area contributed by atoms with Crippen LogP contribution in [-0.2, 0) is 14.8 Å². The van der Waals surface area contributed by atoms with Crippen molar-refractivity contribution in [3.05, 3.63) is 22.7 Å². The monoisotopic (exact) mass is 473 g/mol. The topological polar surface area (TPSA) is 70.2 Å². The lowest BCUT2D eigenvalue weighted by molar-refractivity contribution is -0.133. The van der Waals surface area contributed by atoms with Gasteiger partial charge in [-0.2, -0.15) is 4.31 Å². The molecule has 1 aromatic rings. The number of sulfonamides is 1. The van der Waals surface area contributed by atoms with Gasteiger partial charge in [0.2, 0.25) is 15.9 Å². The number of rotatable bonds is 6. The van der Waals surface area contributed by atoms with Crippen molar-refractivity contribution >= 4 is 31.9 Å². The lowest BCUT2D eigenvalue weighted by atomic mass is 10.1. The maximum atomic E-state index is 13.1. The van der Waals surface area contributed by atoms with Crippen molar-refractivity contribution in [2.45, 2.75) is 31.1 Å². The standard InChI is InChI=1S/C19H28BrN3O4S/c1-2-27-17-7-6-16(20)14-18(17)28(25,26)23-12-10-21(11-13-23)15-19(24)22-8-4-3-5-9-22/h6-7,14H,2-5,8-13,15H2,1H3. The van der Waals surface area contributed by atoms with Crippen molar-refractivity contribution in [2.24, 2.45) is 0 Å². The molecule has 2 saturated heterocycles. The number of amides is 1. The van der Waals surface area contributed by atoms with E-state index >= 15 is 0 Å². The van der Waals surface area contributed by atoms with E-state index in [0.29, 0.717) is 49.6 Å². The number of carbonyl (C=O) groups excluding carboxylic acids is 1. The van der Waals surface area contributed by atoms with Crippen LogP contribution in [-0.4, -0.2) is 80.9 Å². The van der Waals surface area contributed by atoms with Crippen molar-refractivity contribution in [3.63, 3.8) is 0 Å².